The Balaban J connectivity index is 1.94. The Kier molecular flexibility index (Phi) is 29.4. The molecule has 3 aliphatic rings. The summed E-state index contributed by atoms with van der Waals surface area (Å²) in [5, 5.41) is 14.5. The first-order chi connectivity index (χ1) is 43.1. The van der Waals surface area contributed by atoms with Crippen LogP contribution in [0, 0.1) is 11.3 Å². The van der Waals surface area contributed by atoms with E-state index in [-0.39, 0.29) is 5.82 Å². The first-order valence-electron chi connectivity index (χ1n) is 27.9. The van der Waals surface area contributed by atoms with Crippen LogP contribution in [0.2, 0.25) is 0 Å². The first-order valence-corrected chi connectivity index (χ1v) is 31.1. The normalized spacial score (nSPS) is 27.0. The van der Waals surface area contributed by atoms with E-state index in [1.54, 1.807) is 6.07 Å². The summed E-state index contributed by atoms with van der Waals surface area (Å²) in [6.45, 7) is 6.26. The van der Waals surface area contributed by atoms with Gasteiger partial charge in [0.05, 0.1) is 56.7 Å². The molecule has 0 aromatic carbocycles. The molecule has 1 aromatic rings. The van der Waals surface area contributed by atoms with Gasteiger partial charge in [-0.1, -0.05) is 0 Å². The van der Waals surface area contributed by atoms with Crippen molar-refractivity contribution < 1.29 is 146 Å². The largest absolute Gasteiger partial charge is 0.475 e. The molecule has 0 saturated carbocycles. The van der Waals surface area contributed by atoms with Crippen LogP contribution in [-0.2, 0) is 146 Å². The number of phosphoric ester groups is 1. The van der Waals surface area contributed by atoms with Crippen molar-refractivity contribution in [2.24, 2.45) is 0 Å². The minimum absolute atomic E-state index is 0.175. The highest BCUT2D eigenvalue weighted by Gasteiger charge is 2.58. The highest BCUT2D eigenvalue weighted by molar-refractivity contribution is 7.53. The van der Waals surface area contributed by atoms with E-state index in [2.05, 4.69) is 15.6 Å². The van der Waals surface area contributed by atoms with Gasteiger partial charge in [-0.05, 0) is 12.5 Å². The zero-order chi connectivity index (χ0) is 69.0. The van der Waals surface area contributed by atoms with Crippen LogP contribution in [0.3, 0.4) is 0 Å². The van der Waals surface area contributed by atoms with Crippen LogP contribution < -0.4 is 16.3 Å². The predicted octanol–water partition coefficient (Wildman–Crippen LogP) is 0.837. The lowest BCUT2D eigenvalue weighted by Gasteiger charge is -2.50. The topological polar surface area (TPSA) is 471 Å². The van der Waals surface area contributed by atoms with Gasteiger partial charge in [0.25, 0.3) is 0 Å². The molecule has 0 bridgehead atoms. The van der Waals surface area contributed by atoms with Crippen LogP contribution in [0.5, 0.6) is 0 Å². The summed E-state index contributed by atoms with van der Waals surface area (Å²) in [5.41, 5.74) is -3.43. The van der Waals surface area contributed by atoms with E-state index in [1.165, 1.54) is 6.07 Å². The SMILES string of the molecule is CO[C@H]1O[C@H](COP(=O)(OCCC#N)OC[C@]2(CCP(=O)(OC)OC[C@H]3O[C@@H](n4ccc(NC(C)=O)nc4=O)[C@H](OC(C)=O)[C@@H]3OC(C)=O)C[C@H](OC(C)=O)[C@@H](NC(C)=O)[C@H]([C@H](OC(C)=O)[C@@H](COC(C)=O)OC(C)=O)O2)[C@H](OC(C)=O)[C@H](OC(C)=O)[C@H]1OC(C)=O. The fourth-order valence-electron chi connectivity index (χ4n) is 9.77. The summed E-state index contributed by atoms with van der Waals surface area (Å²) in [5.74, 6) is -10.5. The smallest absolute Gasteiger partial charge is 0.462 e. The first kappa shape index (κ1) is 77.1. The number of amides is 2. The number of hydrogen-bond donors (Lipinski definition) is 2. The van der Waals surface area contributed by atoms with Crippen molar-refractivity contribution in [1.82, 2.24) is 14.9 Å². The van der Waals surface area contributed by atoms with E-state index in [1.807, 2.05) is 0 Å². The molecule has 2 unspecified atom stereocenters. The molecule has 3 aliphatic heterocycles. The quantitative estimate of drug-likeness (QED) is 0.0437. The Morgan fingerprint density at radius 2 is 1.24 bits per heavy atom. The average molecular weight is 1360 g/mol. The molecule has 2 N–H and O–H groups in total. The Hall–Kier alpha value is -7.36. The molecule has 4 heterocycles. The molecule has 1 aromatic heterocycles. The molecular weight excluding hydrogens is 1280 g/mol. The van der Waals surface area contributed by atoms with Gasteiger partial charge in [-0.15, -0.1) is 0 Å². The fraction of sp³-hybridized carbons (Fsp3) is 0.698. The van der Waals surface area contributed by atoms with Gasteiger partial charge in [-0.25, -0.2) is 9.36 Å². The summed E-state index contributed by atoms with van der Waals surface area (Å²) in [6, 6.07) is 1.32. The maximum absolute atomic E-state index is 15.3. The molecule has 514 valence electrons. The average Bonchev–Trinajstić information content (AvgIpc) is 0.976. The molecule has 92 heavy (non-hydrogen) atoms. The maximum atomic E-state index is 15.3. The number of nitrogens with zero attached hydrogens (tertiary/aromatic N) is 3. The van der Waals surface area contributed by atoms with Crippen LogP contribution in [0.1, 0.15) is 102 Å². The Morgan fingerprint density at radius 3 is 1.76 bits per heavy atom. The Labute approximate surface area is 525 Å². The molecule has 3 saturated heterocycles. The fourth-order valence-corrected chi connectivity index (χ4v) is 12.5. The van der Waals surface area contributed by atoms with E-state index < -0.39 is 236 Å². The van der Waals surface area contributed by atoms with Crippen LogP contribution in [-0.4, -0.2) is 214 Å². The number of carbonyl (C=O) groups is 11. The number of carbonyl (C=O) groups excluding carboxylic acids is 11. The molecule has 17 atom stereocenters. The van der Waals surface area contributed by atoms with Crippen LogP contribution in [0.4, 0.5) is 5.82 Å². The van der Waals surface area contributed by atoms with Gasteiger partial charge >= 0.3 is 74.8 Å². The number of phosphoric acid groups is 1. The van der Waals surface area contributed by atoms with Crippen molar-refractivity contribution in [1.29, 1.82) is 5.26 Å². The maximum Gasteiger partial charge on any atom is 0.475 e. The minimum atomic E-state index is -5.34. The highest BCUT2D eigenvalue weighted by Crippen LogP contribution is 2.55. The zero-order valence-corrected chi connectivity index (χ0v) is 54.2. The highest BCUT2D eigenvalue weighted by atomic mass is 31.2. The Morgan fingerprint density at radius 1 is 0.685 bits per heavy atom. The summed E-state index contributed by atoms with van der Waals surface area (Å²) in [4.78, 5) is 156. The second-order valence-corrected chi connectivity index (χ2v) is 24.5. The lowest BCUT2D eigenvalue weighted by Crippen LogP contribution is -2.68. The Bertz CT molecular complexity index is 3050. The number of nitrogens with one attached hydrogen (secondary N) is 2. The lowest BCUT2D eigenvalue weighted by atomic mass is 9.82. The predicted molar refractivity (Wildman–Crippen MR) is 299 cm³/mol. The van der Waals surface area contributed by atoms with Crippen LogP contribution in [0.15, 0.2) is 17.1 Å². The van der Waals surface area contributed by atoms with Crippen molar-refractivity contribution in [2.75, 3.05) is 58.7 Å². The van der Waals surface area contributed by atoms with Crippen LogP contribution in [0.25, 0.3) is 0 Å². The van der Waals surface area contributed by atoms with Gasteiger partial charge in [-0.3, -0.25) is 75.4 Å². The monoisotopic (exact) mass is 1360 g/mol. The molecule has 0 spiro atoms. The van der Waals surface area contributed by atoms with E-state index in [4.69, 9.17) is 84.2 Å². The standard InChI is InChI=1S/C53H75N5O32P2/c1-26(59)55-41-15-18-58(52(70)57-41)50-48(86-35(10)68)45(84-33(8)66)39(88-50)23-77-91(71,74-13)20-16-53(21-37(80-29(4)62)42(56-27(2)60)46(90-53)43(82-31(6)64)38(81-30(5)63)22-75-28(3)61)25-79-92(72,76-19-14-17-54)78-24-40-44(83-32(7)65)47(85-34(9)67)49(87-36(11)69)51(73-12)89-40/h15,18,37-40,42-51H,14,16,19-25H2,1-13H3,(H,56,60)(H,55,57,59,70)/t37-,38+,39+,40+,42+,43+,44-,45+,46+,47-,48+,49+,50+,51-,53-,91?,92?/m0/s1. The molecule has 3 fully saturated rings. The summed E-state index contributed by atoms with van der Waals surface area (Å²) < 4.78 is 134. The zero-order valence-electron chi connectivity index (χ0n) is 52.4. The number of anilines is 1. The van der Waals surface area contributed by atoms with Crippen molar-refractivity contribution in [2.45, 2.75) is 187 Å². The van der Waals surface area contributed by atoms with Gasteiger partial charge in [0.2, 0.25) is 11.8 Å². The molecule has 0 aliphatic carbocycles. The van der Waals surface area contributed by atoms with Crippen LogP contribution >= 0.6 is 15.4 Å². The number of esters is 9. The number of nitriles is 1. The number of ether oxygens (including phenoxy) is 13. The van der Waals surface area contributed by atoms with E-state index >= 15 is 9.13 Å². The number of methoxy groups -OCH3 is 1. The summed E-state index contributed by atoms with van der Waals surface area (Å²) >= 11 is 0. The van der Waals surface area contributed by atoms with Crippen molar-refractivity contribution in [3.63, 3.8) is 0 Å². The summed E-state index contributed by atoms with van der Waals surface area (Å²) in [6.07, 6.45) is -24.1. The van der Waals surface area contributed by atoms with Gasteiger partial charge in [-0.2, -0.15) is 10.2 Å². The lowest BCUT2D eigenvalue weighted by molar-refractivity contribution is -0.301. The van der Waals surface area contributed by atoms with Gasteiger partial charge in [0.15, 0.2) is 55.2 Å². The van der Waals surface area contributed by atoms with Gasteiger partial charge < -0.3 is 81.3 Å². The van der Waals surface area contributed by atoms with E-state index in [9.17, 15) is 62.8 Å². The van der Waals surface area contributed by atoms with Crippen molar-refractivity contribution >= 4 is 86.8 Å². The second-order valence-electron chi connectivity index (χ2n) is 20.6. The third-order valence-electron chi connectivity index (χ3n) is 13.1. The van der Waals surface area contributed by atoms with E-state index in [0.29, 0.717) is 0 Å². The van der Waals surface area contributed by atoms with E-state index in [0.717, 1.165) is 101 Å². The molecule has 4 rings (SSSR count). The molecule has 2 amide bonds. The summed E-state index contributed by atoms with van der Waals surface area (Å²) in [7, 11) is -8.06. The van der Waals surface area contributed by atoms with Gasteiger partial charge in [0.1, 0.15) is 36.8 Å². The second kappa shape index (κ2) is 35.1. The van der Waals surface area contributed by atoms with Crippen molar-refractivity contribution in [3.05, 3.63) is 22.7 Å². The van der Waals surface area contributed by atoms with Crippen molar-refractivity contribution in [3.8, 4) is 6.07 Å². The molecule has 39 heteroatoms. The number of hydrogen-bond acceptors (Lipinski definition) is 34. The molecule has 37 nitrogen and oxygen atoms in total. The number of aromatic nitrogens is 2. The number of rotatable bonds is 32. The molecular formula is C53H75N5O32P2. The third kappa shape index (κ3) is 23.3. The molecule has 0 radical (unpaired) electrons. The van der Waals surface area contributed by atoms with Gasteiger partial charge in [0, 0.05) is 103 Å². The minimum Gasteiger partial charge on any atom is -0.462 e. The third-order valence-corrected chi connectivity index (χ3v) is 16.4.